The Balaban J connectivity index is 2.24. The minimum absolute atomic E-state index is 0.00875. The third kappa shape index (κ3) is 4.18. The number of aromatic nitrogens is 2. The largest absolute Gasteiger partial charge is 0.370 e. The van der Waals surface area contributed by atoms with Gasteiger partial charge in [-0.15, -0.1) is 0 Å². The Morgan fingerprint density at radius 1 is 1.10 bits per heavy atom. The summed E-state index contributed by atoms with van der Waals surface area (Å²) in [6.45, 7) is 0. The molecule has 1 aromatic heterocycles. The molecule has 0 atom stereocenters. The zero-order valence-electron chi connectivity index (χ0n) is 11.4. The third-order valence-corrected chi connectivity index (χ3v) is 3.03. The Morgan fingerprint density at radius 3 is 2.43 bits per heavy atom. The molecule has 108 valence electrons. The highest BCUT2D eigenvalue weighted by atomic mass is 32.2. The molecule has 1 heterocycles. The average molecular weight is 301 g/mol. The van der Waals surface area contributed by atoms with E-state index in [1.807, 2.05) is 36.6 Å². The van der Waals surface area contributed by atoms with Crippen molar-refractivity contribution in [3.63, 3.8) is 0 Å². The molecule has 2 rings (SSSR count). The molecule has 0 radical (unpaired) electrons. The lowest BCUT2D eigenvalue weighted by Gasteiger charge is -2.03. The maximum Gasteiger partial charge on any atom is 0.223 e. The van der Waals surface area contributed by atoms with Crippen LogP contribution in [0, 0.1) is 0 Å². The number of aliphatic imine (C=N–C) groups is 2. The Labute approximate surface area is 126 Å². The number of hydrogen-bond donors (Lipinski definition) is 3. The number of thioether (sulfide) groups is 1. The lowest BCUT2D eigenvalue weighted by atomic mass is 10.1. The van der Waals surface area contributed by atoms with Gasteiger partial charge in [0.05, 0.1) is 11.4 Å². The molecular weight excluding hydrogens is 286 g/mol. The van der Waals surface area contributed by atoms with E-state index in [1.54, 1.807) is 6.20 Å². The molecule has 0 fully saturated rings. The Bertz CT molecular complexity index is 675. The van der Waals surface area contributed by atoms with Crippen molar-refractivity contribution in [2.45, 2.75) is 5.16 Å². The molecule has 0 saturated carbocycles. The highest BCUT2D eigenvalue weighted by Crippen LogP contribution is 2.22. The van der Waals surface area contributed by atoms with Crippen LogP contribution in [0.4, 0.5) is 5.69 Å². The first-order chi connectivity index (χ1) is 10.1. The summed E-state index contributed by atoms with van der Waals surface area (Å²) in [5, 5.41) is 0.728. The third-order valence-electron chi connectivity index (χ3n) is 2.47. The van der Waals surface area contributed by atoms with Gasteiger partial charge in [-0.3, -0.25) is 0 Å². The van der Waals surface area contributed by atoms with Gasteiger partial charge in [-0.2, -0.15) is 4.99 Å². The smallest absolute Gasteiger partial charge is 0.223 e. The van der Waals surface area contributed by atoms with Crippen LogP contribution < -0.4 is 17.2 Å². The highest BCUT2D eigenvalue weighted by molar-refractivity contribution is 7.98. The van der Waals surface area contributed by atoms with Gasteiger partial charge in [-0.25, -0.2) is 15.0 Å². The van der Waals surface area contributed by atoms with Gasteiger partial charge in [-0.1, -0.05) is 23.9 Å². The maximum absolute atomic E-state index is 5.57. The molecule has 0 amide bonds. The van der Waals surface area contributed by atoms with E-state index in [-0.39, 0.29) is 11.9 Å². The van der Waals surface area contributed by atoms with Crippen molar-refractivity contribution >= 4 is 29.4 Å². The van der Waals surface area contributed by atoms with E-state index in [4.69, 9.17) is 17.2 Å². The second kappa shape index (κ2) is 6.71. The summed E-state index contributed by atoms with van der Waals surface area (Å²) in [6.07, 6.45) is 3.67. The number of rotatable bonds is 3. The number of hydrogen-bond acceptors (Lipinski definition) is 4. The zero-order chi connectivity index (χ0) is 15.2. The van der Waals surface area contributed by atoms with Gasteiger partial charge in [0.15, 0.2) is 11.1 Å². The molecule has 0 unspecified atom stereocenters. The molecule has 8 heteroatoms. The van der Waals surface area contributed by atoms with Crippen LogP contribution in [0.15, 0.2) is 51.7 Å². The number of nitrogens with two attached hydrogens (primary N) is 3. The SMILES string of the molecule is CSc1nccc(-c2ccc(N=C(N)N=C(N)N)cc2)n1. The highest BCUT2D eigenvalue weighted by Gasteiger charge is 2.02. The minimum Gasteiger partial charge on any atom is -0.370 e. The molecule has 0 aliphatic rings. The van der Waals surface area contributed by atoms with E-state index >= 15 is 0 Å². The summed E-state index contributed by atoms with van der Waals surface area (Å²) in [5.74, 6) is -0.118. The van der Waals surface area contributed by atoms with Crippen molar-refractivity contribution in [2.24, 2.45) is 27.2 Å². The summed E-state index contributed by atoms with van der Waals surface area (Å²) in [7, 11) is 0. The molecule has 2 aromatic rings. The molecule has 7 nitrogen and oxygen atoms in total. The second-order valence-electron chi connectivity index (χ2n) is 3.98. The first kappa shape index (κ1) is 14.8. The fourth-order valence-corrected chi connectivity index (χ4v) is 1.95. The van der Waals surface area contributed by atoms with E-state index in [2.05, 4.69) is 20.0 Å². The second-order valence-corrected chi connectivity index (χ2v) is 4.76. The summed E-state index contributed by atoms with van der Waals surface area (Å²) >= 11 is 1.50. The quantitative estimate of drug-likeness (QED) is 0.337. The summed E-state index contributed by atoms with van der Waals surface area (Å²) in [5.41, 5.74) is 18.5. The monoisotopic (exact) mass is 301 g/mol. The number of guanidine groups is 2. The lowest BCUT2D eigenvalue weighted by molar-refractivity contribution is 0.976. The first-order valence-electron chi connectivity index (χ1n) is 6.00. The zero-order valence-corrected chi connectivity index (χ0v) is 12.2. The van der Waals surface area contributed by atoms with Crippen molar-refractivity contribution in [1.29, 1.82) is 0 Å². The number of benzene rings is 1. The first-order valence-corrected chi connectivity index (χ1v) is 7.22. The van der Waals surface area contributed by atoms with E-state index in [0.29, 0.717) is 5.69 Å². The van der Waals surface area contributed by atoms with Crippen molar-refractivity contribution < 1.29 is 0 Å². The van der Waals surface area contributed by atoms with Gasteiger partial charge in [0, 0.05) is 11.8 Å². The predicted molar refractivity (Wildman–Crippen MR) is 86.3 cm³/mol. The van der Waals surface area contributed by atoms with Crippen molar-refractivity contribution in [3.8, 4) is 11.3 Å². The molecule has 1 aromatic carbocycles. The Morgan fingerprint density at radius 2 is 1.81 bits per heavy atom. The van der Waals surface area contributed by atoms with Crippen LogP contribution in [-0.2, 0) is 0 Å². The standard InChI is InChI=1S/C13H15N7S/c1-21-13-17-7-6-10(19-13)8-2-4-9(5-3-8)18-12(16)20-11(14)15/h2-7H,1H3,(H6,14,15,16,18,20). The summed E-state index contributed by atoms with van der Waals surface area (Å²) in [6, 6.07) is 9.27. The fourth-order valence-electron chi connectivity index (χ4n) is 1.60. The number of nitrogens with zero attached hydrogens (tertiary/aromatic N) is 4. The summed E-state index contributed by atoms with van der Waals surface area (Å²) in [4.78, 5) is 16.3. The Kier molecular flexibility index (Phi) is 4.72. The van der Waals surface area contributed by atoms with Crippen molar-refractivity contribution in [3.05, 3.63) is 36.5 Å². The molecule has 0 aliphatic heterocycles. The van der Waals surface area contributed by atoms with Gasteiger partial charge in [0.1, 0.15) is 0 Å². The topological polar surface area (TPSA) is 129 Å². The predicted octanol–water partition coefficient (Wildman–Crippen LogP) is 1.09. The van der Waals surface area contributed by atoms with Crippen LogP contribution in [0.25, 0.3) is 11.3 Å². The van der Waals surface area contributed by atoms with Gasteiger partial charge >= 0.3 is 0 Å². The van der Waals surface area contributed by atoms with Gasteiger partial charge in [0.25, 0.3) is 0 Å². The average Bonchev–Trinajstić information content (AvgIpc) is 2.47. The van der Waals surface area contributed by atoms with Crippen LogP contribution in [0.2, 0.25) is 0 Å². The van der Waals surface area contributed by atoms with Crippen LogP contribution in [-0.4, -0.2) is 28.1 Å². The molecule has 0 bridgehead atoms. The lowest BCUT2D eigenvalue weighted by Crippen LogP contribution is -2.26. The van der Waals surface area contributed by atoms with E-state index in [9.17, 15) is 0 Å². The van der Waals surface area contributed by atoms with Crippen LogP contribution in [0.5, 0.6) is 0 Å². The van der Waals surface area contributed by atoms with Crippen molar-refractivity contribution in [2.75, 3.05) is 6.26 Å². The maximum atomic E-state index is 5.57. The van der Waals surface area contributed by atoms with Crippen LogP contribution in [0.3, 0.4) is 0 Å². The molecule has 21 heavy (non-hydrogen) atoms. The fraction of sp³-hybridized carbons (Fsp3) is 0.0769. The van der Waals surface area contributed by atoms with Gasteiger partial charge in [0.2, 0.25) is 5.96 Å². The molecule has 0 spiro atoms. The van der Waals surface area contributed by atoms with E-state index in [0.717, 1.165) is 16.4 Å². The van der Waals surface area contributed by atoms with E-state index < -0.39 is 0 Å². The van der Waals surface area contributed by atoms with Crippen molar-refractivity contribution in [1.82, 2.24) is 9.97 Å². The molecule has 0 saturated heterocycles. The van der Waals surface area contributed by atoms with E-state index in [1.165, 1.54) is 11.8 Å². The molecular formula is C13H15N7S. The minimum atomic E-state index is -0.126. The van der Waals surface area contributed by atoms with Gasteiger partial charge < -0.3 is 17.2 Å². The normalized spacial score (nSPS) is 11.2. The van der Waals surface area contributed by atoms with Gasteiger partial charge in [-0.05, 0) is 24.5 Å². The van der Waals surface area contributed by atoms with Crippen LogP contribution in [0.1, 0.15) is 0 Å². The molecule has 6 N–H and O–H groups in total. The Hall–Kier alpha value is -2.61. The van der Waals surface area contributed by atoms with Crippen LogP contribution >= 0.6 is 11.8 Å². The summed E-state index contributed by atoms with van der Waals surface area (Å²) < 4.78 is 0. The molecule has 0 aliphatic carbocycles.